The van der Waals surface area contributed by atoms with E-state index in [9.17, 15) is 23.1 Å². The lowest BCUT2D eigenvalue weighted by atomic mass is 9.79. The van der Waals surface area contributed by atoms with Crippen LogP contribution < -0.4 is 9.46 Å². The third-order valence-electron chi connectivity index (χ3n) is 5.63. The normalized spacial score (nSPS) is 18.3. The van der Waals surface area contributed by atoms with Crippen molar-refractivity contribution in [2.45, 2.75) is 39.0 Å². The number of fused-ring (bicyclic) bond motifs is 1. The maximum atomic E-state index is 12.9. The van der Waals surface area contributed by atoms with Crippen LogP contribution in [-0.2, 0) is 21.2 Å². The van der Waals surface area contributed by atoms with Gasteiger partial charge in [-0.25, -0.2) is 17.9 Å². The molecule has 30 heavy (non-hydrogen) atoms. The highest BCUT2D eigenvalue weighted by Gasteiger charge is 2.42. The maximum absolute atomic E-state index is 12.9. The van der Waals surface area contributed by atoms with Gasteiger partial charge in [0, 0.05) is 5.56 Å². The lowest BCUT2D eigenvalue weighted by Crippen LogP contribution is -2.48. The molecule has 0 saturated heterocycles. The molecule has 9 heteroatoms. The number of phenolic OH excluding ortho intramolecular Hbond substituents is 1. The quantitative estimate of drug-likeness (QED) is 0.675. The second-order valence-corrected chi connectivity index (χ2v) is 9.50. The summed E-state index contributed by atoms with van der Waals surface area (Å²) in [5, 5.41) is 19.3. The van der Waals surface area contributed by atoms with Crippen LogP contribution in [0.3, 0.4) is 0 Å². The molecule has 0 saturated carbocycles. The van der Waals surface area contributed by atoms with Crippen molar-refractivity contribution in [3.05, 3.63) is 52.1 Å². The number of hydrogen-bond donors (Lipinski definition) is 3. The van der Waals surface area contributed by atoms with E-state index in [4.69, 9.17) is 9.84 Å². The summed E-state index contributed by atoms with van der Waals surface area (Å²) in [5.41, 5.74) is 1.50. The van der Waals surface area contributed by atoms with Gasteiger partial charge in [-0.2, -0.15) is 0 Å². The maximum Gasteiger partial charge on any atom is 0.335 e. The molecule has 1 aliphatic rings. The largest absolute Gasteiger partial charge is 0.507 e. The van der Waals surface area contributed by atoms with Crippen LogP contribution >= 0.6 is 0 Å². The number of hydrogen-bond acceptors (Lipinski definition) is 6. The van der Waals surface area contributed by atoms with Gasteiger partial charge in [0.25, 0.3) is 10.0 Å². The van der Waals surface area contributed by atoms with Gasteiger partial charge in [-0.1, -0.05) is 0 Å². The van der Waals surface area contributed by atoms with Crippen LogP contribution in [0.2, 0.25) is 0 Å². The topological polar surface area (TPSA) is 130 Å². The van der Waals surface area contributed by atoms with E-state index in [1.807, 2.05) is 6.92 Å². The number of rotatable bonds is 4. The first-order chi connectivity index (χ1) is 13.9. The van der Waals surface area contributed by atoms with E-state index >= 15 is 0 Å². The number of carboxylic acids is 1. The molecule has 0 bridgehead atoms. The number of nitrogens with one attached hydrogen (secondary N) is 1. The molecule has 3 N–H and O–H groups in total. The molecule has 1 unspecified atom stereocenters. The predicted octanol–water partition coefficient (Wildman–Crippen LogP) is 2.46. The van der Waals surface area contributed by atoms with E-state index in [0.717, 1.165) is 29.8 Å². The van der Waals surface area contributed by atoms with Crippen molar-refractivity contribution in [1.82, 2.24) is 4.72 Å². The monoisotopic (exact) mass is 433 g/mol. The molecule has 1 heterocycles. The SMILES string of the molecule is Cc1c(C)c2c(c(C)c1O)CC(C)(C(=O)NS(=O)(=O)c1ccc(C(=O)O)cc1)CO2. The summed E-state index contributed by atoms with van der Waals surface area (Å²) in [7, 11) is -4.20. The summed E-state index contributed by atoms with van der Waals surface area (Å²) in [5.74, 6) is -1.18. The van der Waals surface area contributed by atoms with Crippen LogP contribution in [0.25, 0.3) is 0 Å². The lowest BCUT2D eigenvalue weighted by Gasteiger charge is -2.35. The first kappa shape index (κ1) is 21.6. The zero-order chi connectivity index (χ0) is 22.4. The second-order valence-electron chi connectivity index (χ2n) is 7.82. The summed E-state index contributed by atoms with van der Waals surface area (Å²) < 4.78 is 33.1. The van der Waals surface area contributed by atoms with E-state index in [2.05, 4.69) is 4.72 Å². The molecule has 0 spiro atoms. The molecule has 0 fully saturated rings. The van der Waals surface area contributed by atoms with Gasteiger partial charge in [-0.15, -0.1) is 0 Å². The zero-order valence-corrected chi connectivity index (χ0v) is 17.9. The van der Waals surface area contributed by atoms with Gasteiger partial charge in [-0.3, -0.25) is 4.79 Å². The highest BCUT2D eigenvalue weighted by molar-refractivity contribution is 7.90. The molecule has 1 atom stereocenters. The van der Waals surface area contributed by atoms with E-state index in [0.29, 0.717) is 22.4 Å². The molecule has 1 amide bonds. The Bertz CT molecular complexity index is 1150. The van der Waals surface area contributed by atoms with Gasteiger partial charge in [-0.05, 0) is 75.1 Å². The first-order valence-corrected chi connectivity index (χ1v) is 10.7. The van der Waals surface area contributed by atoms with Crippen molar-refractivity contribution < 1.29 is 33.0 Å². The molecule has 1 aliphatic heterocycles. The number of phenols is 1. The molecule has 0 aliphatic carbocycles. The number of carboxylic acid groups (broad SMARTS) is 1. The number of carbonyl (C=O) groups excluding carboxylic acids is 1. The van der Waals surface area contributed by atoms with Crippen LogP contribution in [0.4, 0.5) is 0 Å². The van der Waals surface area contributed by atoms with Gasteiger partial charge in [0.2, 0.25) is 5.91 Å². The number of aromatic carboxylic acids is 1. The second kappa shape index (κ2) is 7.32. The van der Waals surface area contributed by atoms with Crippen LogP contribution in [0.1, 0.15) is 39.5 Å². The number of benzene rings is 2. The van der Waals surface area contributed by atoms with E-state index in [-0.39, 0.29) is 29.2 Å². The Balaban J connectivity index is 1.88. The highest BCUT2D eigenvalue weighted by Crippen LogP contribution is 2.43. The van der Waals surface area contributed by atoms with Crippen molar-refractivity contribution in [3.63, 3.8) is 0 Å². The summed E-state index contributed by atoms with van der Waals surface area (Å²) in [6.45, 7) is 6.91. The molecule has 0 radical (unpaired) electrons. The van der Waals surface area contributed by atoms with Crippen molar-refractivity contribution in [2.75, 3.05) is 6.61 Å². The third kappa shape index (κ3) is 3.60. The fourth-order valence-electron chi connectivity index (χ4n) is 3.48. The summed E-state index contributed by atoms with van der Waals surface area (Å²) in [6, 6.07) is 4.56. The van der Waals surface area contributed by atoms with Crippen molar-refractivity contribution >= 4 is 21.9 Å². The Morgan fingerprint density at radius 3 is 2.23 bits per heavy atom. The highest BCUT2D eigenvalue weighted by atomic mass is 32.2. The third-order valence-corrected chi connectivity index (χ3v) is 6.98. The van der Waals surface area contributed by atoms with E-state index in [1.54, 1.807) is 20.8 Å². The molecule has 2 aromatic rings. The number of ether oxygens (including phenoxy) is 1. The molecular weight excluding hydrogens is 410 g/mol. The number of sulfonamides is 1. The summed E-state index contributed by atoms with van der Waals surface area (Å²) >= 11 is 0. The van der Waals surface area contributed by atoms with Gasteiger partial charge in [0.1, 0.15) is 18.1 Å². The Hall–Kier alpha value is -3.07. The Morgan fingerprint density at radius 1 is 1.07 bits per heavy atom. The predicted molar refractivity (Wildman–Crippen MR) is 108 cm³/mol. The summed E-state index contributed by atoms with van der Waals surface area (Å²) in [4.78, 5) is 23.6. The Labute approximate surface area is 174 Å². The van der Waals surface area contributed by atoms with Crippen LogP contribution in [0.15, 0.2) is 29.2 Å². The summed E-state index contributed by atoms with van der Waals surface area (Å²) in [6.07, 6.45) is 0.197. The zero-order valence-electron chi connectivity index (χ0n) is 17.1. The molecule has 160 valence electrons. The molecular formula is C21H23NO7S. The standard InChI is InChI=1S/C21H23NO7S/c1-11-12(2)18-16(13(3)17(11)23)9-21(4,10-29-18)20(26)22-30(27,28)15-7-5-14(6-8-15)19(24)25/h5-8,23H,9-10H2,1-4H3,(H,22,26)(H,24,25). The number of carbonyl (C=O) groups is 2. The lowest BCUT2D eigenvalue weighted by molar-refractivity contribution is -0.130. The Kier molecular flexibility index (Phi) is 5.28. The Morgan fingerprint density at radius 2 is 1.67 bits per heavy atom. The molecule has 2 aromatic carbocycles. The van der Waals surface area contributed by atoms with Crippen LogP contribution in [0.5, 0.6) is 11.5 Å². The molecule has 3 rings (SSSR count). The average Bonchev–Trinajstić information content (AvgIpc) is 2.70. The fourth-order valence-corrected chi connectivity index (χ4v) is 4.58. The van der Waals surface area contributed by atoms with Gasteiger partial charge < -0.3 is 14.9 Å². The van der Waals surface area contributed by atoms with Crippen molar-refractivity contribution in [1.29, 1.82) is 0 Å². The van der Waals surface area contributed by atoms with Crippen LogP contribution in [-0.4, -0.2) is 37.1 Å². The molecule has 8 nitrogen and oxygen atoms in total. The minimum absolute atomic E-state index is 0.0240. The molecule has 0 aromatic heterocycles. The smallest absolute Gasteiger partial charge is 0.335 e. The number of amides is 1. The van der Waals surface area contributed by atoms with Crippen molar-refractivity contribution in [3.8, 4) is 11.5 Å². The number of aromatic hydroxyl groups is 1. The van der Waals surface area contributed by atoms with Gasteiger partial charge >= 0.3 is 5.97 Å². The van der Waals surface area contributed by atoms with Crippen molar-refractivity contribution in [2.24, 2.45) is 5.41 Å². The van der Waals surface area contributed by atoms with Crippen LogP contribution in [0, 0.1) is 26.2 Å². The van der Waals surface area contributed by atoms with E-state index in [1.165, 1.54) is 0 Å². The van der Waals surface area contributed by atoms with Gasteiger partial charge in [0.15, 0.2) is 0 Å². The van der Waals surface area contributed by atoms with Gasteiger partial charge in [0.05, 0.1) is 15.9 Å². The first-order valence-electron chi connectivity index (χ1n) is 9.22. The fraction of sp³-hybridized carbons (Fsp3) is 0.333. The average molecular weight is 433 g/mol. The van der Waals surface area contributed by atoms with E-state index < -0.39 is 27.3 Å². The minimum atomic E-state index is -4.20. The minimum Gasteiger partial charge on any atom is -0.507 e.